The van der Waals surface area contributed by atoms with E-state index in [2.05, 4.69) is 30.7 Å². The molecule has 0 saturated carbocycles. The molecule has 0 N–H and O–H groups in total. The van der Waals surface area contributed by atoms with E-state index in [0.717, 1.165) is 17.3 Å². The Balaban J connectivity index is 2.49. The SMILES string of the molecule is Cc1nc(C(C)C)nc2c1CSC2. The smallest absolute Gasteiger partial charge is 0.131 e. The van der Waals surface area contributed by atoms with E-state index in [9.17, 15) is 0 Å². The lowest BCUT2D eigenvalue weighted by Crippen LogP contribution is -2.04. The fourth-order valence-electron chi connectivity index (χ4n) is 1.49. The molecule has 2 nitrogen and oxygen atoms in total. The maximum atomic E-state index is 4.58. The van der Waals surface area contributed by atoms with Crippen molar-refractivity contribution in [1.82, 2.24) is 9.97 Å². The van der Waals surface area contributed by atoms with Crippen molar-refractivity contribution in [3.05, 3.63) is 22.8 Å². The number of thioether (sulfide) groups is 1. The number of aromatic nitrogens is 2. The zero-order chi connectivity index (χ0) is 9.42. The van der Waals surface area contributed by atoms with E-state index in [1.807, 2.05) is 11.8 Å². The highest BCUT2D eigenvalue weighted by Gasteiger charge is 2.17. The second-order valence-corrected chi connectivity index (χ2v) is 4.73. The Morgan fingerprint density at radius 3 is 2.69 bits per heavy atom. The first-order chi connectivity index (χ1) is 6.18. The zero-order valence-electron chi connectivity index (χ0n) is 8.29. The van der Waals surface area contributed by atoms with Gasteiger partial charge < -0.3 is 0 Å². The molecule has 0 aliphatic carbocycles. The van der Waals surface area contributed by atoms with Crippen LogP contribution in [-0.4, -0.2) is 9.97 Å². The molecule has 0 saturated heterocycles. The van der Waals surface area contributed by atoms with Crippen LogP contribution in [0.2, 0.25) is 0 Å². The van der Waals surface area contributed by atoms with Crippen molar-refractivity contribution in [1.29, 1.82) is 0 Å². The molecule has 0 bridgehead atoms. The molecule has 13 heavy (non-hydrogen) atoms. The predicted octanol–water partition coefficient (Wildman–Crippen LogP) is 2.66. The third kappa shape index (κ3) is 1.57. The van der Waals surface area contributed by atoms with Crippen LogP contribution in [0.1, 0.15) is 42.5 Å². The van der Waals surface area contributed by atoms with Gasteiger partial charge in [0.1, 0.15) is 5.82 Å². The van der Waals surface area contributed by atoms with Gasteiger partial charge in [0, 0.05) is 28.7 Å². The molecule has 1 aromatic heterocycles. The fourth-order valence-corrected chi connectivity index (χ4v) is 2.61. The molecule has 2 rings (SSSR count). The first-order valence-electron chi connectivity index (χ1n) is 4.62. The molecule has 0 unspecified atom stereocenters. The van der Waals surface area contributed by atoms with Gasteiger partial charge in [-0.2, -0.15) is 11.8 Å². The molecular weight excluding hydrogens is 180 g/mol. The molecule has 0 radical (unpaired) electrons. The van der Waals surface area contributed by atoms with E-state index >= 15 is 0 Å². The van der Waals surface area contributed by atoms with E-state index in [1.54, 1.807) is 0 Å². The van der Waals surface area contributed by atoms with Crippen LogP contribution in [-0.2, 0) is 11.5 Å². The van der Waals surface area contributed by atoms with Crippen LogP contribution in [0.15, 0.2) is 0 Å². The maximum absolute atomic E-state index is 4.58. The summed E-state index contributed by atoms with van der Waals surface area (Å²) in [6, 6.07) is 0. The topological polar surface area (TPSA) is 25.8 Å². The van der Waals surface area contributed by atoms with Crippen LogP contribution < -0.4 is 0 Å². The van der Waals surface area contributed by atoms with Gasteiger partial charge in [-0.3, -0.25) is 0 Å². The molecule has 2 heterocycles. The highest BCUT2D eigenvalue weighted by molar-refractivity contribution is 7.98. The summed E-state index contributed by atoms with van der Waals surface area (Å²) in [6.45, 7) is 6.38. The molecule has 1 aliphatic rings. The average Bonchev–Trinajstić information content (AvgIpc) is 2.51. The van der Waals surface area contributed by atoms with E-state index in [0.29, 0.717) is 5.92 Å². The third-order valence-electron chi connectivity index (χ3n) is 2.32. The lowest BCUT2D eigenvalue weighted by molar-refractivity contribution is 0.753. The first-order valence-corrected chi connectivity index (χ1v) is 5.78. The molecule has 0 amide bonds. The van der Waals surface area contributed by atoms with Gasteiger partial charge >= 0.3 is 0 Å². The van der Waals surface area contributed by atoms with Gasteiger partial charge in [0.05, 0.1) is 5.69 Å². The summed E-state index contributed by atoms with van der Waals surface area (Å²) in [5, 5.41) is 0. The standard InChI is InChI=1S/C10H14N2S/c1-6(2)10-11-7(3)8-4-13-5-9(8)12-10/h6H,4-5H2,1-3H3. The Labute approximate surface area is 83.2 Å². The van der Waals surface area contributed by atoms with Crippen LogP contribution in [0.25, 0.3) is 0 Å². The summed E-state index contributed by atoms with van der Waals surface area (Å²) >= 11 is 1.93. The summed E-state index contributed by atoms with van der Waals surface area (Å²) in [5.41, 5.74) is 3.81. The minimum atomic E-state index is 0.439. The van der Waals surface area contributed by atoms with Crippen molar-refractivity contribution >= 4 is 11.8 Å². The summed E-state index contributed by atoms with van der Waals surface area (Å²) in [4.78, 5) is 9.10. The van der Waals surface area contributed by atoms with Crippen molar-refractivity contribution in [2.75, 3.05) is 0 Å². The van der Waals surface area contributed by atoms with E-state index in [1.165, 1.54) is 17.0 Å². The third-order valence-corrected chi connectivity index (χ3v) is 3.29. The van der Waals surface area contributed by atoms with E-state index in [4.69, 9.17) is 0 Å². The van der Waals surface area contributed by atoms with Crippen LogP contribution in [0.5, 0.6) is 0 Å². The number of aryl methyl sites for hydroxylation is 1. The summed E-state index contributed by atoms with van der Waals surface area (Å²) < 4.78 is 0. The van der Waals surface area contributed by atoms with E-state index in [-0.39, 0.29) is 0 Å². The first kappa shape index (κ1) is 9.00. The Kier molecular flexibility index (Phi) is 2.28. The van der Waals surface area contributed by atoms with Crippen molar-refractivity contribution < 1.29 is 0 Å². The van der Waals surface area contributed by atoms with Gasteiger partial charge in [-0.05, 0) is 6.92 Å². The summed E-state index contributed by atoms with van der Waals surface area (Å²) in [6.07, 6.45) is 0. The molecule has 1 aromatic rings. The van der Waals surface area contributed by atoms with Crippen molar-refractivity contribution in [2.24, 2.45) is 0 Å². The summed E-state index contributed by atoms with van der Waals surface area (Å²) in [5.74, 6) is 3.60. The zero-order valence-corrected chi connectivity index (χ0v) is 9.11. The van der Waals surface area contributed by atoms with Crippen LogP contribution >= 0.6 is 11.8 Å². The Morgan fingerprint density at radius 1 is 1.23 bits per heavy atom. The highest BCUT2D eigenvalue weighted by Crippen LogP contribution is 2.30. The second kappa shape index (κ2) is 3.29. The largest absolute Gasteiger partial charge is 0.238 e. The molecule has 0 aromatic carbocycles. The Morgan fingerprint density at radius 2 is 2.00 bits per heavy atom. The van der Waals surface area contributed by atoms with Crippen molar-refractivity contribution in [3.63, 3.8) is 0 Å². The summed E-state index contributed by atoms with van der Waals surface area (Å²) in [7, 11) is 0. The monoisotopic (exact) mass is 194 g/mol. The van der Waals surface area contributed by atoms with Gasteiger partial charge in [-0.15, -0.1) is 0 Å². The normalized spacial score (nSPS) is 15.1. The molecule has 0 spiro atoms. The predicted molar refractivity (Wildman–Crippen MR) is 55.9 cm³/mol. The van der Waals surface area contributed by atoms with Crippen LogP contribution in [0.3, 0.4) is 0 Å². The molecule has 3 heteroatoms. The number of fused-ring (bicyclic) bond motifs is 1. The Bertz CT molecular complexity index is 334. The van der Waals surface area contributed by atoms with Crippen LogP contribution in [0.4, 0.5) is 0 Å². The molecule has 70 valence electrons. The maximum Gasteiger partial charge on any atom is 0.131 e. The number of rotatable bonds is 1. The fraction of sp³-hybridized carbons (Fsp3) is 0.600. The Hall–Kier alpha value is -0.570. The lowest BCUT2D eigenvalue weighted by Gasteiger charge is -2.08. The quantitative estimate of drug-likeness (QED) is 0.687. The molecule has 0 atom stereocenters. The van der Waals surface area contributed by atoms with Gasteiger partial charge in [0.2, 0.25) is 0 Å². The van der Waals surface area contributed by atoms with Gasteiger partial charge in [-0.25, -0.2) is 9.97 Å². The lowest BCUT2D eigenvalue weighted by atomic mass is 10.1. The molecule has 1 aliphatic heterocycles. The minimum Gasteiger partial charge on any atom is -0.238 e. The number of hydrogen-bond acceptors (Lipinski definition) is 3. The minimum absolute atomic E-state index is 0.439. The van der Waals surface area contributed by atoms with Crippen molar-refractivity contribution in [3.8, 4) is 0 Å². The molecular formula is C10H14N2S. The average molecular weight is 194 g/mol. The van der Waals surface area contributed by atoms with Gasteiger partial charge in [-0.1, -0.05) is 13.8 Å². The van der Waals surface area contributed by atoms with Gasteiger partial charge in [0.15, 0.2) is 0 Å². The van der Waals surface area contributed by atoms with Crippen molar-refractivity contribution in [2.45, 2.75) is 38.2 Å². The van der Waals surface area contributed by atoms with Gasteiger partial charge in [0.25, 0.3) is 0 Å². The second-order valence-electron chi connectivity index (χ2n) is 3.74. The highest BCUT2D eigenvalue weighted by atomic mass is 32.2. The number of nitrogens with zero attached hydrogens (tertiary/aromatic N) is 2. The van der Waals surface area contributed by atoms with Crippen LogP contribution in [0, 0.1) is 6.92 Å². The van der Waals surface area contributed by atoms with E-state index < -0.39 is 0 Å². The molecule has 0 fully saturated rings. The number of hydrogen-bond donors (Lipinski definition) is 0.